The third kappa shape index (κ3) is 4.02. The van der Waals surface area contributed by atoms with E-state index in [0.717, 1.165) is 30.8 Å². The molecule has 2 amide bonds. The Morgan fingerprint density at radius 2 is 1.89 bits per heavy atom. The van der Waals surface area contributed by atoms with E-state index in [1.54, 1.807) is 7.11 Å². The minimum atomic E-state index is -0.376. The molecule has 1 aliphatic carbocycles. The number of nitrogens with zero attached hydrogens (tertiary/aromatic N) is 2. The molecule has 2 heterocycles. The van der Waals surface area contributed by atoms with E-state index in [1.807, 2.05) is 23.1 Å². The number of carbonyl (C=O) groups is 2. The number of hydrogen-bond donors (Lipinski definition) is 1. The van der Waals surface area contributed by atoms with Crippen molar-refractivity contribution in [1.82, 2.24) is 15.1 Å². The van der Waals surface area contributed by atoms with Crippen LogP contribution < -0.4 is 10.1 Å². The van der Waals surface area contributed by atoms with E-state index in [0.29, 0.717) is 19.0 Å². The zero-order chi connectivity index (χ0) is 19.5. The van der Waals surface area contributed by atoms with Gasteiger partial charge in [-0.25, -0.2) is 0 Å². The summed E-state index contributed by atoms with van der Waals surface area (Å²) in [7, 11) is 1.68. The molecule has 1 aromatic carbocycles. The molecule has 1 saturated carbocycles. The van der Waals surface area contributed by atoms with Crippen LogP contribution in [-0.4, -0.2) is 60.4 Å². The predicted molar refractivity (Wildman–Crippen MR) is 107 cm³/mol. The summed E-state index contributed by atoms with van der Waals surface area (Å²) in [4.78, 5) is 29.9. The fourth-order valence-electron chi connectivity index (χ4n) is 4.99. The molecule has 6 heteroatoms. The highest BCUT2D eigenvalue weighted by Gasteiger charge is 2.43. The molecule has 0 aromatic heterocycles. The van der Waals surface area contributed by atoms with Gasteiger partial charge in [0.25, 0.3) is 0 Å². The van der Waals surface area contributed by atoms with Crippen molar-refractivity contribution in [2.75, 3.05) is 26.7 Å². The maximum absolute atomic E-state index is 13.0. The highest BCUT2D eigenvalue weighted by atomic mass is 16.5. The minimum absolute atomic E-state index is 0.00476. The average molecular weight is 386 g/mol. The van der Waals surface area contributed by atoms with E-state index in [1.165, 1.54) is 32.1 Å². The van der Waals surface area contributed by atoms with Crippen LogP contribution in [0.2, 0.25) is 0 Å². The number of nitrogens with one attached hydrogen (secondary N) is 1. The molecule has 2 atom stereocenters. The Morgan fingerprint density at radius 3 is 2.68 bits per heavy atom. The summed E-state index contributed by atoms with van der Waals surface area (Å²) < 4.78 is 5.45. The first-order valence-electron chi connectivity index (χ1n) is 10.6. The summed E-state index contributed by atoms with van der Waals surface area (Å²) in [5.74, 6) is 1.56. The molecule has 3 fully saturated rings. The molecule has 1 N–H and O–H groups in total. The van der Waals surface area contributed by atoms with Crippen LogP contribution in [0, 0.1) is 5.92 Å². The summed E-state index contributed by atoms with van der Waals surface area (Å²) in [6.45, 7) is 2.70. The molecular formula is C22H31N3O3. The Balaban J connectivity index is 1.39. The number of ether oxygens (including phenoxy) is 1. The fraction of sp³-hybridized carbons (Fsp3) is 0.636. The molecular weight excluding hydrogens is 354 g/mol. The summed E-state index contributed by atoms with van der Waals surface area (Å²) in [6, 6.07) is 7.27. The normalized spacial score (nSPS) is 26.7. The second-order valence-electron chi connectivity index (χ2n) is 8.40. The highest BCUT2D eigenvalue weighted by Crippen LogP contribution is 2.29. The molecule has 2 saturated heterocycles. The van der Waals surface area contributed by atoms with E-state index in [-0.39, 0.29) is 23.9 Å². The number of fused-ring (bicyclic) bond motifs is 1. The predicted octanol–water partition coefficient (Wildman–Crippen LogP) is 2.18. The van der Waals surface area contributed by atoms with Crippen LogP contribution in [0.1, 0.15) is 44.1 Å². The molecule has 2 aliphatic heterocycles. The van der Waals surface area contributed by atoms with Crippen molar-refractivity contribution >= 4 is 11.8 Å². The molecule has 0 spiro atoms. The summed E-state index contributed by atoms with van der Waals surface area (Å²) >= 11 is 0. The average Bonchev–Trinajstić information content (AvgIpc) is 2.73. The number of rotatable bonds is 5. The lowest BCUT2D eigenvalue weighted by atomic mass is 9.84. The summed E-state index contributed by atoms with van der Waals surface area (Å²) in [6.07, 6.45) is 7.00. The molecule has 0 unspecified atom stereocenters. The van der Waals surface area contributed by atoms with Gasteiger partial charge in [-0.1, -0.05) is 50.3 Å². The van der Waals surface area contributed by atoms with Gasteiger partial charge >= 0.3 is 0 Å². The smallest absolute Gasteiger partial charge is 0.245 e. The minimum Gasteiger partial charge on any atom is -0.496 e. The van der Waals surface area contributed by atoms with Crippen molar-refractivity contribution in [1.29, 1.82) is 0 Å². The second kappa shape index (κ2) is 8.52. The Hall–Kier alpha value is -2.08. The van der Waals surface area contributed by atoms with Crippen LogP contribution in [0.25, 0.3) is 0 Å². The van der Waals surface area contributed by atoms with E-state index < -0.39 is 0 Å². The van der Waals surface area contributed by atoms with Crippen molar-refractivity contribution in [3.8, 4) is 5.75 Å². The van der Waals surface area contributed by atoms with Crippen LogP contribution in [0.15, 0.2) is 24.3 Å². The molecule has 28 heavy (non-hydrogen) atoms. The van der Waals surface area contributed by atoms with Crippen LogP contribution in [0.5, 0.6) is 5.75 Å². The van der Waals surface area contributed by atoms with Gasteiger partial charge in [-0.05, 0) is 18.4 Å². The Labute approximate surface area is 167 Å². The lowest BCUT2D eigenvalue weighted by molar-refractivity contribution is -0.153. The molecule has 1 aromatic rings. The van der Waals surface area contributed by atoms with Gasteiger partial charge in [-0.2, -0.15) is 0 Å². The highest BCUT2D eigenvalue weighted by molar-refractivity contribution is 5.97. The fourth-order valence-corrected chi connectivity index (χ4v) is 4.99. The van der Waals surface area contributed by atoms with Crippen LogP contribution in [-0.2, 0) is 16.1 Å². The largest absolute Gasteiger partial charge is 0.496 e. The lowest BCUT2D eigenvalue weighted by Gasteiger charge is -2.46. The number of hydrogen-bond acceptors (Lipinski definition) is 4. The monoisotopic (exact) mass is 385 g/mol. The van der Waals surface area contributed by atoms with Crippen molar-refractivity contribution in [3.05, 3.63) is 29.8 Å². The number of benzene rings is 1. The van der Waals surface area contributed by atoms with Gasteiger partial charge in [0.2, 0.25) is 11.8 Å². The zero-order valence-electron chi connectivity index (χ0n) is 16.7. The molecule has 3 aliphatic rings. The van der Waals surface area contributed by atoms with Gasteiger partial charge < -0.3 is 15.0 Å². The zero-order valence-corrected chi connectivity index (χ0v) is 16.7. The Bertz CT molecular complexity index is 717. The number of piperazine rings is 2. The first-order chi connectivity index (χ1) is 13.7. The van der Waals surface area contributed by atoms with Gasteiger partial charge in [0.05, 0.1) is 7.11 Å². The van der Waals surface area contributed by atoms with Gasteiger partial charge in [-0.3, -0.25) is 14.5 Å². The standard InChI is InChI=1S/C22H31N3O3/c1-28-20-10-6-5-9-17(20)14-24-11-12-25-19(15-24)21(26)23-18(22(25)27)13-16-7-3-2-4-8-16/h5-6,9-10,16,18-19H,2-4,7-8,11-15H2,1H3,(H,23,26)/t18-,19+/m0/s1. The van der Waals surface area contributed by atoms with E-state index in [9.17, 15) is 9.59 Å². The van der Waals surface area contributed by atoms with E-state index in [4.69, 9.17) is 4.74 Å². The van der Waals surface area contributed by atoms with Crippen LogP contribution in [0.4, 0.5) is 0 Å². The Morgan fingerprint density at radius 1 is 1.11 bits per heavy atom. The SMILES string of the molecule is COc1ccccc1CN1CCN2C(=O)[C@H](CC3CCCCC3)NC(=O)[C@H]2C1. The first-order valence-corrected chi connectivity index (χ1v) is 10.6. The molecule has 0 bridgehead atoms. The topological polar surface area (TPSA) is 61.9 Å². The summed E-state index contributed by atoms with van der Waals surface area (Å²) in [5.41, 5.74) is 1.11. The van der Waals surface area contributed by atoms with Crippen LogP contribution >= 0.6 is 0 Å². The van der Waals surface area contributed by atoms with E-state index >= 15 is 0 Å². The van der Waals surface area contributed by atoms with Gasteiger partial charge in [0.1, 0.15) is 17.8 Å². The number of para-hydroxylation sites is 1. The third-order valence-corrected chi connectivity index (χ3v) is 6.55. The van der Waals surface area contributed by atoms with Gasteiger partial charge in [0.15, 0.2) is 0 Å². The first kappa shape index (κ1) is 19.2. The third-order valence-electron chi connectivity index (χ3n) is 6.55. The van der Waals surface area contributed by atoms with Crippen molar-refractivity contribution in [3.63, 3.8) is 0 Å². The molecule has 0 radical (unpaired) electrons. The maximum atomic E-state index is 13.0. The second-order valence-corrected chi connectivity index (χ2v) is 8.40. The molecule has 4 rings (SSSR count). The van der Waals surface area contributed by atoms with Crippen molar-refractivity contribution in [2.24, 2.45) is 5.92 Å². The lowest BCUT2D eigenvalue weighted by Crippen LogP contribution is -2.69. The molecule has 152 valence electrons. The number of amides is 2. The van der Waals surface area contributed by atoms with Crippen molar-refractivity contribution < 1.29 is 14.3 Å². The van der Waals surface area contributed by atoms with Gasteiger partial charge in [0, 0.05) is 31.7 Å². The Kier molecular flexibility index (Phi) is 5.85. The van der Waals surface area contributed by atoms with Crippen LogP contribution in [0.3, 0.4) is 0 Å². The summed E-state index contributed by atoms with van der Waals surface area (Å²) in [5, 5.41) is 3.04. The van der Waals surface area contributed by atoms with Gasteiger partial charge in [-0.15, -0.1) is 0 Å². The number of carbonyl (C=O) groups excluding carboxylic acids is 2. The quantitative estimate of drug-likeness (QED) is 0.844. The van der Waals surface area contributed by atoms with E-state index in [2.05, 4.69) is 16.3 Å². The van der Waals surface area contributed by atoms with Crippen molar-refractivity contribution in [2.45, 2.75) is 57.2 Å². The number of methoxy groups -OCH3 is 1. The molecule has 6 nitrogen and oxygen atoms in total. The maximum Gasteiger partial charge on any atom is 0.245 e.